The van der Waals surface area contributed by atoms with E-state index < -0.39 is 5.54 Å². The molecule has 0 bridgehead atoms. The van der Waals surface area contributed by atoms with Crippen LogP contribution in [0.25, 0.3) is 10.8 Å². The van der Waals surface area contributed by atoms with Gasteiger partial charge >= 0.3 is 0 Å². The summed E-state index contributed by atoms with van der Waals surface area (Å²) in [5.74, 6) is 0.272. The van der Waals surface area contributed by atoms with E-state index in [1.54, 1.807) is 0 Å². The zero-order valence-electron chi connectivity index (χ0n) is 15.9. The van der Waals surface area contributed by atoms with E-state index in [1.807, 2.05) is 0 Å². The molecule has 1 saturated heterocycles. The lowest BCUT2D eigenvalue weighted by Gasteiger charge is -2.37. The van der Waals surface area contributed by atoms with Gasteiger partial charge in [0.05, 0.1) is 11.5 Å². The molecule has 1 aliphatic heterocycles. The van der Waals surface area contributed by atoms with Crippen molar-refractivity contribution >= 4 is 16.7 Å². The van der Waals surface area contributed by atoms with Gasteiger partial charge in [-0.25, -0.2) is 0 Å². The molecule has 1 aliphatic rings. The van der Waals surface area contributed by atoms with Crippen LogP contribution in [0.15, 0.2) is 42.5 Å². The van der Waals surface area contributed by atoms with E-state index in [0.29, 0.717) is 6.04 Å². The maximum Gasteiger partial charge on any atom is 0.225 e. The highest BCUT2D eigenvalue weighted by molar-refractivity contribution is 5.87. The fourth-order valence-corrected chi connectivity index (χ4v) is 3.94. The van der Waals surface area contributed by atoms with Gasteiger partial charge in [-0.1, -0.05) is 42.5 Å². The van der Waals surface area contributed by atoms with Gasteiger partial charge in [-0.15, -0.1) is 0 Å². The van der Waals surface area contributed by atoms with Crippen LogP contribution in [-0.4, -0.2) is 29.9 Å². The predicted octanol–water partition coefficient (Wildman–Crippen LogP) is 4.31. The van der Waals surface area contributed by atoms with Gasteiger partial charge in [-0.3, -0.25) is 4.79 Å². The zero-order chi connectivity index (χ0) is 18.0. The second kappa shape index (κ2) is 7.17. The molecule has 1 amide bonds. The highest BCUT2D eigenvalue weighted by atomic mass is 16.2. The molecular formula is C22H30N2O. The number of nitrogens with one attached hydrogen (secondary N) is 1. The molecule has 25 heavy (non-hydrogen) atoms. The van der Waals surface area contributed by atoms with Gasteiger partial charge in [0.2, 0.25) is 5.91 Å². The average molecular weight is 338 g/mol. The Balaban J connectivity index is 1.79. The summed E-state index contributed by atoms with van der Waals surface area (Å²) in [6, 6.07) is 15.2. The van der Waals surface area contributed by atoms with E-state index in [-0.39, 0.29) is 11.8 Å². The first-order valence-corrected chi connectivity index (χ1v) is 9.43. The molecule has 0 radical (unpaired) electrons. The van der Waals surface area contributed by atoms with Crippen LogP contribution in [0.4, 0.5) is 0 Å². The van der Waals surface area contributed by atoms with Crippen molar-refractivity contribution in [3.05, 3.63) is 48.0 Å². The molecular weight excluding hydrogens is 308 g/mol. The van der Waals surface area contributed by atoms with Crippen molar-refractivity contribution in [2.24, 2.45) is 5.92 Å². The lowest BCUT2D eigenvalue weighted by molar-refractivity contribution is -0.128. The minimum atomic E-state index is -0.391. The highest BCUT2D eigenvalue weighted by Crippen LogP contribution is 2.29. The largest absolute Gasteiger partial charge is 0.347 e. The molecule has 0 aromatic heterocycles. The van der Waals surface area contributed by atoms with Crippen LogP contribution in [0.2, 0.25) is 0 Å². The van der Waals surface area contributed by atoms with E-state index in [9.17, 15) is 4.79 Å². The normalized spacial score (nSPS) is 19.3. The lowest BCUT2D eigenvalue weighted by Crippen LogP contribution is -2.49. The summed E-state index contributed by atoms with van der Waals surface area (Å²) in [4.78, 5) is 15.4. The maximum atomic E-state index is 13.0. The summed E-state index contributed by atoms with van der Waals surface area (Å²) in [5, 5.41) is 5.75. The van der Waals surface area contributed by atoms with Crippen molar-refractivity contribution in [1.29, 1.82) is 0 Å². The second-order valence-corrected chi connectivity index (χ2v) is 8.07. The molecule has 1 fully saturated rings. The number of fused-ring (bicyclic) bond motifs is 1. The fourth-order valence-electron chi connectivity index (χ4n) is 3.94. The SMILES string of the molecule is CC(C)N1CCC[C@H](C(=O)NC(C)(C)c2cccc3ccccc23)C1. The van der Waals surface area contributed by atoms with Crippen molar-refractivity contribution in [3.63, 3.8) is 0 Å². The van der Waals surface area contributed by atoms with Gasteiger partial charge in [-0.05, 0) is 63.4 Å². The number of amides is 1. The minimum absolute atomic E-state index is 0.0883. The third-order valence-corrected chi connectivity index (χ3v) is 5.45. The molecule has 0 saturated carbocycles. The third-order valence-electron chi connectivity index (χ3n) is 5.45. The predicted molar refractivity (Wildman–Crippen MR) is 105 cm³/mol. The molecule has 3 nitrogen and oxygen atoms in total. The van der Waals surface area contributed by atoms with E-state index in [1.165, 1.54) is 16.3 Å². The Morgan fingerprint density at radius 2 is 1.88 bits per heavy atom. The molecule has 0 aliphatic carbocycles. The first-order chi connectivity index (χ1) is 11.9. The molecule has 3 heteroatoms. The first kappa shape index (κ1) is 17.9. The van der Waals surface area contributed by atoms with Crippen molar-refractivity contribution < 1.29 is 4.79 Å². The Labute approximate surface area is 151 Å². The molecule has 0 spiro atoms. The van der Waals surface area contributed by atoms with Gasteiger partial charge in [0.1, 0.15) is 0 Å². The number of hydrogen-bond acceptors (Lipinski definition) is 2. The molecule has 0 unspecified atom stereocenters. The van der Waals surface area contributed by atoms with Crippen LogP contribution in [0, 0.1) is 5.92 Å². The average Bonchev–Trinajstić information content (AvgIpc) is 2.61. The number of hydrogen-bond donors (Lipinski definition) is 1. The number of rotatable bonds is 4. The molecule has 2 aromatic rings. The van der Waals surface area contributed by atoms with Gasteiger partial charge < -0.3 is 10.2 Å². The summed E-state index contributed by atoms with van der Waals surface area (Å²) in [5.41, 5.74) is 0.786. The van der Waals surface area contributed by atoms with E-state index in [0.717, 1.165) is 25.9 Å². The summed E-state index contributed by atoms with van der Waals surface area (Å²) in [7, 11) is 0. The topological polar surface area (TPSA) is 32.3 Å². The lowest BCUT2D eigenvalue weighted by atomic mass is 9.88. The first-order valence-electron chi connectivity index (χ1n) is 9.43. The molecule has 1 atom stereocenters. The van der Waals surface area contributed by atoms with E-state index in [2.05, 4.69) is 80.4 Å². The second-order valence-electron chi connectivity index (χ2n) is 8.07. The molecule has 1 heterocycles. The van der Waals surface area contributed by atoms with Crippen LogP contribution in [0.1, 0.15) is 46.1 Å². The van der Waals surface area contributed by atoms with Crippen molar-refractivity contribution in [2.75, 3.05) is 13.1 Å². The van der Waals surface area contributed by atoms with Crippen LogP contribution in [0.3, 0.4) is 0 Å². The fraction of sp³-hybridized carbons (Fsp3) is 0.500. The number of nitrogens with zero attached hydrogens (tertiary/aromatic N) is 1. The quantitative estimate of drug-likeness (QED) is 0.901. The van der Waals surface area contributed by atoms with Crippen LogP contribution < -0.4 is 5.32 Å². The summed E-state index contributed by atoms with van der Waals surface area (Å²) in [6.45, 7) is 10.6. The minimum Gasteiger partial charge on any atom is -0.347 e. The molecule has 1 N–H and O–H groups in total. The maximum absolute atomic E-state index is 13.0. The van der Waals surface area contributed by atoms with Crippen LogP contribution in [-0.2, 0) is 10.3 Å². The Kier molecular flexibility index (Phi) is 5.14. The van der Waals surface area contributed by atoms with E-state index in [4.69, 9.17) is 0 Å². The standard InChI is InChI=1S/C22H30N2O/c1-16(2)24-14-8-11-18(15-24)21(25)23-22(3,4)20-13-7-10-17-9-5-6-12-19(17)20/h5-7,9-10,12-13,16,18H,8,11,14-15H2,1-4H3,(H,23,25)/t18-/m0/s1. The monoisotopic (exact) mass is 338 g/mol. The Morgan fingerprint density at radius 3 is 2.64 bits per heavy atom. The van der Waals surface area contributed by atoms with Gasteiger partial charge in [-0.2, -0.15) is 0 Å². The Morgan fingerprint density at radius 1 is 1.16 bits per heavy atom. The Bertz CT molecular complexity index is 745. The van der Waals surface area contributed by atoms with Crippen molar-refractivity contribution in [1.82, 2.24) is 10.2 Å². The molecule has 2 aromatic carbocycles. The molecule has 3 rings (SSSR count). The Hall–Kier alpha value is -1.87. The van der Waals surface area contributed by atoms with Crippen molar-refractivity contribution in [2.45, 2.75) is 52.1 Å². The highest BCUT2D eigenvalue weighted by Gasteiger charge is 2.31. The summed E-state index contributed by atoms with van der Waals surface area (Å²) in [6.07, 6.45) is 2.09. The number of carbonyl (C=O) groups is 1. The zero-order valence-corrected chi connectivity index (χ0v) is 15.9. The van der Waals surface area contributed by atoms with Gasteiger partial charge in [0.15, 0.2) is 0 Å². The van der Waals surface area contributed by atoms with Crippen LogP contribution in [0.5, 0.6) is 0 Å². The molecule has 134 valence electrons. The summed E-state index contributed by atoms with van der Waals surface area (Å²) < 4.78 is 0. The number of benzene rings is 2. The van der Waals surface area contributed by atoms with Gasteiger partial charge in [0.25, 0.3) is 0 Å². The van der Waals surface area contributed by atoms with Crippen LogP contribution >= 0.6 is 0 Å². The number of carbonyl (C=O) groups excluding carboxylic acids is 1. The number of piperidine rings is 1. The summed E-state index contributed by atoms with van der Waals surface area (Å²) >= 11 is 0. The smallest absolute Gasteiger partial charge is 0.225 e. The third kappa shape index (κ3) is 3.87. The van der Waals surface area contributed by atoms with E-state index >= 15 is 0 Å². The van der Waals surface area contributed by atoms with Crippen molar-refractivity contribution in [3.8, 4) is 0 Å². The van der Waals surface area contributed by atoms with Gasteiger partial charge in [0, 0.05) is 12.6 Å². The number of likely N-dealkylation sites (tertiary alicyclic amines) is 1.